The van der Waals surface area contributed by atoms with E-state index in [0.717, 1.165) is 16.9 Å². The Hall–Kier alpha value is -0.700. The van der Waals surface area contributed by atoms with Gasteiger partial charge >= 0.3 is 0 Å². The van der Waals surface area contributed by atoms with Gasteiger partial charge in [-0.1, -0.05) is 0 Å². The van der Waals surface area contributed by atoms with Gasteiger partial charge in [0, 0.05) is 23.0 Å². The molecule has 11 heavy (non-hydrogen) atoms. The molecule has 0 fully saturated rings. The molecule has 0 amide bonds. The van der Waals surface area contributed by atoms with Crippen molar-refractivity contribution in [3.05, 3.63) is 29.1 Å². The Morgan fingerprint density at radius 3 is 3.18 bits per heavy atom. The van der Waals surface area contributed by atoms with Gasteiger partial charge in [0.15, 0.2) is 0 Å². The molecule has 0 atom stereocenters. The maximum absolute atomic E-state index is 4.24. The second kappa shape index (κ2) is 2.41. The fourth-order valence-corrected chi connectivity index (χ4v) is 1.64. The van der Waals surface area contributed by atoms with Crippen LogP contribution >= 0.6 is 15.9 Å². The van der Waals surface area contributed by atoms with Crippen molar-refractivity contribution in [1.29, 1.82) is 0 Å². The van der Waals surface area contributed by atoms with E-state index in [-0.39, 0.29) is 0 Å². The van der Waals surface area contributed by atoms with E-state index in [1.807, 2.05) is 13.1 Å². The predicted octanol–water partition coefficient (Wildman–Crippen LogP) is 2.05. The molecule has 0 saturated heterocycles. The Morgan fingerprint density at radius 1 is 1.55 bits per heavy atom. The van der Waals surface area contributed by atoms with E-state index in [2.05, 4.69) is 32.0 Å². The van der Waals surface area contributed by atoms with Crippen LogP contribution in [-0.4, -0.2) is 9.60 Å². The average molecular weight is 211 g/mol. The van der Waals surface area contributed by atoms with Crippen molar-refractivity contribution in [3.63, 3.8) is 0 Å². The zero-order chi connectivity index (χ0) is 7.84. The first-order chi connectivity index (χ1) is 5.27. The van der Waals surface area contributed by atoms with Crippen LogP contribution < -0.4 is 0 Å². The van der Waals surface area contributed by atoms with Gasteiger partial charge in [0.1, 0.15) is 4.62 Å². The molecule has 0 spiro atoms. The van der Waals surface area contributed by atoms with Gasteiger partial charge in [0.25, 0.3) is 0 Å². The Kier molecular flexibility index (Phi) is 1.53. The number of hydrogen-bond acceptors (Lipinski definition) is 2. The van der Waals surface area contributed by atoms with E-state index in [9.17, 15) is 0 Å². The van der Waals surface area contributed by atoms with Crippen LogP contribution in [-0.2, 0) is 6.54 Å². The molecule has 56 valence electrons. The lowest BCUT2D eigenvalue weighted by molar-refractivity contribution is 1.07. The zero-order valence-corrected chi connectivity index (χ0v) is 7.72. The minimum atomic E-state index is 0.767. The molecule has 0 N–H and O–H groups in total. The van der Waals surface area contributed by atoms with Crippen molar-refractivity contribution < 1.29 is 0 Å². The number of hydrogen-bond donors (Lipinski definition) is 0. The summed E-state index contributed by atoms with van der Waals surface area (Å²) in [6.07, 6.45) is 1.89. The average Bonchev–Trinajstić information content (AvgIpc) is 2.33. The summed E-state index contributed by atoms with van der Waals surface area (Å²) >= 11 is 3.39. The zero-order valence-electron chi connectivity index (χ0n) is 6.13. The van der Waals surface area contributed by atoms with Gasteiger partial charge in [-0.15, -0.1) is 0 Å². The highest BCUT2D eigenvalue weighted by molar-refractivity contribution is 9.18. The SMILES string of the molecule is Cc1cc2c(cn1)CN=C2Br. The summed E-state index contributed by atoms with van der Waals surface area (Å²) < 4.78 is 0.956. The lowest BCUT2D eigenvalue weighted by Gasteiger charge is -1.97. The summed E-state index contributed by atoms with van der Waals surface area (Å²) in [4.78, 5) is 8.43. The topological polar surface area (TPSA) is 25.2 Å². The van der Waals surface area contributed by atoms with E-state index in [1.54, 1.807) is 0 Å². The summed E-state index contributed by atoms with van der Waals surface area (Å²) in [7, 11) is 0. The number of fused-ring (bicyclic) bond motifs is 1. The highest BCUT2D eigenvalue weighted by Gasteiger charge is 2.12. The van der Waals surface area contributed by atoms with Crippen molar-refractivity contribution in [2.75, 3.05) is 0 Å². The fourth-order valence-electron chi connectivity index (χ4n) is 1.15. The summed E-state index contributed by atoms with van der Waals surface area (Å²) in [6.45, 7) is 2.75. The second-order valence-corrected chi connectivity index (χ2v) is 3.34. The molecule has 3 heteroatoms. The molecule has 0 bridgehead atoms. The van der Waals surface area contributed by atoms with Crippen LogP contribution in [0, 0.1) is 6.92 Å². The second-order valence-electron chi connectivity index (χ2n) is 2.59. The molecule has 1 aliphatic rings. The molecular weight excluding hydrogens is 204 g/mol. The Morgan fingerprint density at radius 2 is 2.36 bits per heavy atom. The number of aromatic nitrogens is 1. The number of pyridine rings is 1. The standard InChI is InChI=1S/C8H7BrN2/c1-5-2-7-6(3-10-5)4-11-8(7)9/h2-3H,4H2,1H3. The van der Waals surface area contributed by atoms with Gasteiger partial charge in [-0.05, 0) is 28.9 Å². The molecular formula is C8H7BrN2. The van der Waals surface area contributed by atoms with Crippen LogP contribution in [0.2, 0.25) is 0 Å². The Labute approximate surface area is 73.5 Å². The van der Waals surface area contributed by atoms with E-state index in [0.29, 0.717) is 0 Å². The third-order valence-electron chi connectivity index (χ3n) is 1.73. The lowest BCUT2D eigenvalue weighted by atomic mass is 10.1. The van der Waals surface area contributed by atoms with Gasteiger partial charge in [-0.3, -0.25) is 9.98 Å². The molecule has 2 heterocycles. The van der Waals surface area contributed by atoms with Crippen molar-refractivity contribution in [2.45, 2.75) is 13.5 Å². The van der Waals surface area contributed by atoms with E-state index < -0.39 is 0 Å². The minimum absolute atomic E-state index is 0.767. The van der Waals surface area contributed by atoms with Crippen molar-refractivity contribution in [1.82, 2.24) is 4.98 Å². The largest absolute Gasteiger partial charge is 0.272 e. The van der Waals surface area contributed by atoms with Crippen LogP contribution in [0.5, 0.6) is 0 Å². The highest BCUT2D eigenvalue weighted by Crippen LogP contribution is 2.21. The molecule has 1 aliphatic heterocycles. The minimum Gasteiger partial charge on any atom is -0.272 e. The van der Waals surface area contributed by atoms with Crippen LogP contribution in [0.15, 0.2) is 17.3 Å². The molecule has 0 unspecified atom stereocenters. The molecule has 1 aromatic heterocycles. The van der Waals surface area contributed by atoms with Gasteiger partial charge in [-0.2, -0.15) is 0 Å². The van der Waals surface area contributed by atoms with Gasteiger partial charge in [0.05, 0.1) is 6.54 Å². The Balaban J connectivity index is 2.60. The lowest BCUT2D eigenvalue weighted by Crippen LogP contribution is -1.91. The summed E-state index contributed by atoms with van der Waals surface area (Å²) in [5.74, 6) is 0. The van der Waals surface area contributed by atoms with Crippen molar-refractivity contribution in [3.8, 4) is 0 Å². The third-order valence-corrected chi connectivity index (χ3v) is 2.41. The van der Waals surface area contributed by atoms with Gasteiger partial charge in [-0.25, -0.2) is 0 Å². The van der Waals surface area contributed by atoms with Crippen LogP contribution in [0.1, 0.15) is 16.8 Å². The third kappa shape index (κ3) is 1.09. The van der Waals surface area contributed by atoms with Gasteiger partial charge < -0.3 is 0 Å². The normalized spacial score (nSPS) is 14.5. The van der Waals surface area contributed by atoms with E-state index >= 15 is 0 Å². The number of rotatable bonds is 0. The first-order valence-corrected chi connectivity index (χ1v) is 4.22. The van der Waals surface area contributed by atoms with Crippen molar-refractivity contribution in [2.24, 2.45) is 4.99 Å². The monoisotopic (exact) mass is 210 g/mol. The molecule has 2 nitrogen and oxygen atoms in total. The molecule has 1 aromatic rings. The predicted molar refractivity (Wildman–Crippen MR) is 48.1 cm³/mol. The maximum Gasteiger partial charge on any atom is 0.108 e. The van der Waals surface area contributed by atoms with Crippen LogP contribution in [0.3, 0.4) is 0 Å². The van der Waals surface area contributed by atoms with Crippen LogP contribution in [0.25, 0.3) is 0 Å². The highest BCUT2D eigenvalue weighted by atomic mass is 79.9. The maximum atomic E-state index is 4.24. The molecule has 0 aromatic carbocycles. The molecule has 0 radical (unpaired) electrons. The first kappa shape index (κ1) is 6.98. The van der Waals surface area contributed by atoms with Crippen LogP contribution in [0.4, 0.5) is 0 Å². The smallest absolute Gasteiger partial charge is 0.108 e. The fraction of sp³-hybridized carbons (Fsp3) is 0.250. The molecule has 0 saturated carbocycles. The number of aliphatic imine (C=N–C) groups is 1. The number of aryl methyl sites for hydroxylation is 1. The summed E-state index contributed by atoms with van der Waals surface area (Å²) in [6, 6.07) is 2.05. The number of nitrogens with zero attached hydrogens (tertiary/aromatic N) is 2. The quantitative estimate of drug-likeness (QED) is 0.644. The van der Waals surface area contributed by atoms with E-state index in [4.69, 9.17) is 0 Å². The van der Waals surface area contributed by atoms with E-state index in [1.165, 1.54) is 11.1 Å². The molecule has 0 aliphatic carbocycles. The van der Waals surface area contributed by atoms with Crippen molar-refractivity contribution >= 4 is 20.6 Å². The summed E-state index contributed by atoms with van der Waals surface area (Å²) in [5, 5.41) is 0. The van der Waals surface area contributed by atoms with Gasteiger partial charge in [0.2, 0.25) is 0 Å². The number of halogens is 1. The Bertz CT molecular complexity index is 331. The first-order valence-electron chi connectivity index (χ1n) is 3.43. The molecule has 2 rings (SSSR count). The summed E-state index contributed by atoms with van der Waals surface area (Å²) in [5.41, 5.74) is 3.44.